The number of likely N-dealkylation sites (tertiary alicyclic amines) is 1. The van der Waals surface area contributed by atoms with Crippen LogP contribution >= 0.6 is 0 Å². The van der Waals surface area contributed by atoms with Gasteiger partial charge in [0.05, 0.1) is 40.7 Å². The third-order valence-corrected chi connectivity index (χ3v) is 6.04. The fourth-order valence-corrected chi connectivity index (χ4v) is 4.24. The molecule has 1 N–H and O–H groups in total. The fourth-order valence-electron chi connectivity index (χ4n) is 4.24. The van der Waals surface area contributed by atoms with Crippen LogP contribution in [0.15, 0.2) is 54.9 Å². The Bertz CT molecular complexity index is 1320. The van der Waals surface area contributed by atoms with Crippen LogP contribution in [0.5, 0.6) is 0 Å². The molecule has 4 aromatic rings. The van der Waals surface area contributed by atoms with Crippen LogP contribution in [-0.4, -0.2) is 42.3 Å². The Morgan fingerprint density at radius 2 is 1.90 bits per heavy atom. The van der Waals surface area contributed by atoms with Crippen molar-refractivity contribution in [1.82, 2.24) is 29.9 Å². The maximum Gasteiger partial charge on any atom is 0.257 e. The Hall–Kier alpha value is -3.74. The average Bonchev–Trinajstić information content (AvgIpc) is 3.49. The van der Waals surface area contributed by atoms with Gasteiger partial charge in [-0.3, -0.25) is 4.79 Å². The van der Waals surface area contributed by atoms with Crippen molar-refractivity contribution in [3.05, 3.63) is 83.0 Å². The van der Waals surface area contributed by atoms with Gasteiger partial charge in [-0.2, -0.15) is 15.0 Å². The highest BCUT2D eigenvalue weighted by molar-refractivity contribution is 5.98. The van der Waals surface area contributed by atoms with Gasteiger partial charge in [-0.05, 0) is 56.5 Å². The number of fused-ring (bicyclic) bond motifs is 1. The van der Waals surface area contributed by atoms with E-state index < -0.39 is 0 Å². The van der Waals surface area contributed by atoms with Crippen molar-refractivity contribution in [3.63, 3.8) is 0 Å². The van der Waals surface area contributed by atoms with E-state index in [-0.39, 0.29) is 11.9 Å². The highest BCUT2D eigenvalue weighted by Gasteiger charge is 2.36. The summed E-state index contributed by atoms with van der Waals surface area (Å²) >= 11 is 0. The summed E-state index contributed by atoms with van der Waals surface area (Å²) in [5.74, 6) is 0.718. The monoisotopic (exact) mass is 412 g/mol. The van der Waals surface area contributed by atoms with Gasteiger partial charge in [-0.15, -0.1) is 0 Å². The summed E-state index contributed by atoms with van der Waals surface area (Å²) < 4.78 is 0. The fraction of sp³-hybridized carbons (Fsp3) is 0.250. The minimum Gasteiger partial charge on any atom is -0.340 e. The highest BCUT2D eigenvalue weighted by Crippen LogP contribution is 2.36. The predicted molar refractivity (Wildman–Crippen MR) is 119 cm³/mol. The van der Waals surface area contributed by atoms with Gasteiger partial charge >= 0.3 is 0 Å². The first kappa shape index (κ1) is 19.2. The van der Waals surface area contributed by atoms with Crippen LogP contribution in [0.4, 0.5) is 0 Å². The number of carbonyl (C=O) groups is 1. The van der Waals surface area contributed by atoms with E-state index in [4.69, 9.17) is 4.98 Å². The minimum atomic E-state index is -0.189. The normalized spacial score (nSPS) is 16.4. The van der Waals surface area contributed by atoms with Gasteiger partial charge in [0.15, 0.2) is 0 Å². The van der Waals surface area contributed by atoms with Crippen LogP contribution in [0.2, 0.25) is 0 Å². The summed E-state index contributed by atoms with van der Waals surface area (Å²) in [7, 11) is 0. The lowest BCUT2D eigenvalue weighted by molar-refractivity contribution is 0.0732. The number of benzene rings is 2. The molecule has 7 heteroatoms. The highest BCUT2D eigenvalue weighted by atomic mass is 16.2. The average molecular weight is 412 g/mol. The first-order valence-electron chi connectivity index (χ1n) is 10.3. The quantitative estimate of drug-likeness (QED) is 0.511. The van der Waals surface area contributed by atoms with Gasteiger partial charge < -0.3 is 9.88 Å². The van der Waals surface area contributed by atoms with E-state index in [1.54, 1.807) is 12.4 Å². The van der Waals surface area contributed by atoms with Crippen molar-refractivity contribution in [2.24, 2.45) is 0 Å². The van der Waals surface area contributed by atoms with Crippen molar-refractivity contribution in [2.75, 3.05) is 6.54 Å². The van der Waals surface area contributed by atoms with Crippen LogP contribution < -0.4 is 0 Å². The number of rotatable bonds is 3. The Balaban J connectivity index is 1.57. The van der Waals surface area contributed by atoms with E-state index >= 15 is 0 Å². The van der Waals surface area contributed by atoms with Crippen LogP contribution in [-0.2, 0) is 0 Å². The zero-order valence-corrected chi connectivity index (χ0v) is 17.9. The molecule has 1 amide bonds. The number of carbonyl (C=O) groups excluding carboxylic acids is 1. The van der Waals surface area contributed by atoms with Crippen molar-refractivity contribution < 1.29 is 4.79 Å². The lowest BCUT2D eigenvalue weighted by Crippen LogP contribution is -2.32. The van der Waals surface area contributed by atoms with Crippen molar-refractivity contribution in [1.29, 1.82) is 0 Å². The third-order valence-electron chi connectivity index (χ3n) is 6.04. The molecule has 0 spiro atoms. The number of hydrogen-bond acceptors (Lipinski definition) is 4. The van der Waals surface area contributed by atoms with E-state index in [2.05, 4.69) is 41.7 Å². The largest absolute Gasteiger partial charge is 0.340 e. The second-order valence-electron chi connectivity index (χ2n) is 8.27. The number of aromatic amines is 1. The summed E-state index contributed by atoms with van der Waals surface area (Å²) in [6.45, 7) is 10.8. The van der Waals surface area contributed by atoms with Gasteiger partial charge in [0, 0.05) is 6.54 Å². The topological polar surface area (TPSA) is 79.7 Å². The van der Waals surface area contributed by atoms with Gasteiger partial charge in [0.25, 0.3) is 5.91 Å². The van der Waals surface area contributed by atoms with Crippen LogP contribution in [0, 0.1) is 20.8 Å². The maximum atomic E-state index is 13.8. The number of nitrogens with one attached hydrogen (secondary N) is 1. The zero-order chi connectivity index (χ0) is 21.7. The molecule has 1 fully saturated rings. The smallest absolute Gasteiger partial charge is 0.257 e. The molecule has 3 heterocycles. The first-order chi connectivity index (χ1) is 14.9. The Labute approximate surface area is 180 Å². The molecular weight excluding hydrogens is 388 g/mol. The molecule has 1 aliphatic rings. The van der Waals surface area contributed by atoms with Crippen molar-refractivity contribution in [3.8, 4) is 5.69 Å². The van der Waals surface area contributed by atoms with Gasteiger partial charge in [0.2, 0.25) is 0 Å². The molecular formula is C24H24N6O. The molecule has 1 unspecified atom stereocenters. The molecule has 2 aromatic carbocycles. The van der Waals surface area contributed by atoms with E-state index in [0.717, 1.165) is 33.6 Å². The molecule has 1 atom stereocenters. The summed E-state index contributed by atoms with van der Waals surface area (Å²) in [5, 5.41) is 8.45. The van der Waals surface area contributed by atoms with E-state index in [1.165, 1.54) is 10.4 Å². The first-order valence-corrected chi connectivity index (χ1v) is 10.3. The molecule has 1 aliphatic heterocycles. The summed E-state index contributed by atoms with van der Waals surface area (Å²) in [6.07, 6.45) is 3.89. The summed E-state index contributed by atoms with van der Waals surface area (Å²) in [5.41, 5.74) is 7.54. The number of aryl methyl sites for hydroxylation is 3. The van der Waals surface area contributed by atoms with Gasteiger partial charge in [-0.1, -0.05) is 29.8 Å². The Morgan fingerprint density at radius 3 is 2.68 bits per heavy atom. The van der Waals surface area contributed by atoms with E-state index in [0.29, 0.717) is 24.2 Å². The molecule has 0 aliphatic carbocycles. The van der Waals surface area contributed by atoms with E-state index in [1.807, 2.05) is 36.1 Å². The number of nitrogens with zero attached hydrogens (tertiary/aromatic N) is 5. The Kier molecular flexibility index (Phi) is 4.46. The second-order valence-corrected chi connectivity index (χ2v) is 8.27. The number of amides is 1. The molecule has 5 rings (SSSR count). The lowest BCUT2D eigenvalue weighted by Gasteiger charge is -2.24. The standard InChI is InChI=1S/C24H24N6O/c1-14-5-8-20(30-25-9-10-26-30)18(11-14)24(31)29-13-15(2)12-21(29)23-27-19-7-6-16(3)17(4)22(19)28-23/h5-11,21H,2,12-13H2,1,3-4H3,(H,27,28). The maximum absolute atomic E-state index is 13.8. The lowest BCUT2D eigenvalue weighted by atomic mass is 10.1. The van der Waals surface area contributed by atoms with E-state index in [9.17, 15) is 4.79 Å². The van der Waals surface area contributed by atoms with Crippen LogP contribution in [0.25, 0.3) is 16.7 Å². The number of imidazole rings is 1. The van der Waals surface area contributed by atoms with Gasteiger partial charge in [-0.25, -0.2) is 4.98 Å². The molecule has 156 valence electrons. The van der Waals surface area contributed by atoms with Crippen LogP contribution in [0.1, 0.15) is 45.3 Å². The molecule has 7 nitrogen and oxygen atoms in total. The number of aromatic nitrogens is 5. The SMILES string of the molecule is C=C1CC(c2nc3c(C)c(C)ccc3[nH]2)N(C(=O)c2cc(C)ccc2-n2nccn2)C1. The number of hydrogen-bond donors (Lipinski definition) is 1. The molecule has 31 heavy (non-hydrogen) atoms. The second kappa shape index (κ2) is 7.19. The predicted octanol–water partition coefficient (Wildman–Crippen LogP) is 4.21. The van der Waals surface area contributed by atoms with Gasteiger partial charge in [0.1, 0.15) is 5.82 Å². The van der Waals surface area contributed by atoms with Crippen molar-refractivity contribution >= 4 is 16.9 Å². The Morgan fingerprint density at radius 1 is 1.13 bits per heavy atom. The third kappa shape index (κ3) is 3.22. The number of H-pyrrole nitrogens is 1. The zero-order valence-electron chi connectivity index (χ0n) is 17.9. The molecule has 2 aromatic heterocycles. The molecule has 0 saturated carbocycles. The summed E-state index contributed by atoms with van der Waals surface area (Å²) in [4.78, 5) is 25.4. The summed E-state index contributed by atoms with van der Waals surface area (Å²) in [6, 6.07) is 9.69. The minimum absolute atomic E-state index is 0.0759. The van der Waals surface area contributed by atoms with Crippen LogP contribution in [0.3, 0.4) is 0 Å². The van der Waals surface area contributed by atoms with Crippen molar-refractivity contribution in [2.45, 2.75) is 33.2 Å². The molecule has 0 radical (unpaired) electrons. The molecule has 1 saturated heterocycles. The molecule has 0 bridgehead atoms.